The third-order valence-corrected chi connectivity index (χ3v) is 2.34. The monoisotopic (exact) mass is 320 g/mol. The molecule has 0 saturated heterocycles. The van der Waals surface area contributed by atoms with E-state index in [1.165, 1.54) is 0 Å². The molecule has 1 unspecified atom stereocenters. The highest BCUT2D eigenvalue weighted by Crippen LogP contribution is 1.93. The van der Waals surface area contributed by atoms with Gasteiger partial charge in [0.05, 0.1) is 0 Å². The molecule has 0 fully saturated rings. The fourth-order valence-electron chi connectivity index (χ4n) is 1.09. The molecule has 0 spiro atoms. The predicted molar refractivity (Wildman–Crippen MR) is 78.8 cm³/mol. The Kier molecular flexibility index (Phi) is 12.3. The van der Waals surface area contributed by atoms with Crippen LogP contribution in [0.2, 0.25) is 0 Å². The molecule has 0 aliphatic heterocycles. The van der Waals surface area contributed by atoms with Gasteiger partial charge >= 0.3 is 11.9 Å². The van der Waals surface area contributed by atoms with E-state index >= 15 is 0 Å². The van der Waals surface area contributed by atoms with Crippen LogP contribution in [0.15, 0.2) is 0 Å². The van der Waals surface area contributed by atoms with Crippen molar-refractivity contribution in [2.24, 2.45) is 22.9 Å². The first-order valence-electron chi connectivity index (χ1n) is 6.40. The van der Waals surface area contributed by atoms with E-state index in [-0.39, 0.29) is 18.8 Å². The van der Waals surface area contributed by atoms with Crippen LogP contribution in [0.3, 0.4) is 0 Å². The van der Waals surface area contributed by atoms with E-state index in [1.807, 2.05) is 0 Å². The van der Waals surface area contributed by atoms with Gasteiger partial charge in [-0.2, -0.15) is 0 Å². The van der Waals surface area contributed by atoms with Crippen LogP contribution < -0.4 is 28.3 Å². The molecule has 0 saturated carbocycles. The van der Waals surface area contributed by atoms with E-state index in [2.05, 4.69) is 5.32 Å². The number of hydrogen-bond acceptors (Lipinski definition) is 6. The number of guanidine groups is 1. The standard InChI is InChI=1S/C6H14N4O2.C5H10N2O3/c7-4(5(11)12)2-1-3-10-6(8)9;6-3(5(9)10)1-2-4(7)8/h4H,1-3,7H2,(H,11,12)(H4,8,9,10);3H,1-2,6H2,(H2,7,8)(H,9,10)/t4-;/m0./s1. The van der Waals surface area contributed by atoms with Crippen LogP contribution >= 0.6 is 0 Å². The first-order chi connectivity index (χ1) is 10.1. The lowest BCUT2D eigenvalue weighted by atomic mass is 10.2. The fourth-order valence-corrected chi connectivity index (χ4v) is 1.09. The Bertz CT molecular complexity index is 389. The van der Waals surface area contributed by atoms with Crippen molar-refractivity contribution in [1.29, 1.82) is 5.41 Å². The van der Waals surface area contributed by atoms with Crippen molar-refractivity contribution in [2.75, 3.05) is 6.54 Å². The Morgan fingerprint density at radius 1 is 1.00 bits per heavy atom. The Balaban J connectivity index is 0. The van der Waals surface area contributed by atoms with Gasteiger partial charge in [0.1, 0.15) is 12.1 Å². The number of carbonyl (C=O) groups excluding carboxylic acids is 1. The second-order valence-electron chi connectivity index (χ2n) is 4.38. The van der Waals surface area contributed by atoms with Gasteiger partial charge in [0.2, 0.25) is 5.91 Å². The second-order valence-corrected chi connectivity index (χ2v) is 4.38. The maximum Gasteiger partial charge on any atom is 0.320 e. The molecular formula is C11H24N6O5. The Labute approximate surface area is 127 Å². The van der Waals surface area contributed by atoms with E-state index in [9.17, 15) is 14.4 Å². The Morgan fingerprint density at radius 3 is 1.82 bits per heavy atom. The van der Waals surface area contributed by atoms with Gasteiger partial charge in [-0.25, -0.2) is 0 Å². The maximum atomic E-state index is 10.2. The molecule has 11 heteroatoms. The zero-order valence-corrected chi connectivity index (χ0v) is 12.1. The Morgan fingerprint density at radius 2 is 1.45 bits per heavy atom. The third kappa shape index (κ3) is 15.7. The minimum Gasteiger partial charge on any atom is -0.480 e. The average molecular weight is 320 g/mol. The fraction of sp³-hybridized carbons (Fsp3) is 0.636. The van der Waals surface area contributed by atoms with Gasteiger partial charge in [0, 0.05) is 13.0 Å². The van der Waals surface area contributed by atoms with Crippen LogP contribution in [0, 0.1) is 5.41 Å². The van der Waals surface area contributed by atoms with E-state index in [1.54, 1.807) is 0 Å². The van der Waals surface area contributed by atoms with Gasteiger partial charge < -0.3 is 38.5 Å². The molecule has 1 amide bonds. The van der Waals surface area contributed by atoms with Crippen molar-refractivity contribution in [2.45, 2.75) is 37.8 Å². The molecule has 128 valence electrons. The first kappa shape index (κ1) is 21.9. The molecule has 0 aliphatic carbocycles. The van der Waals surface area contributed by atoms with Gasteiger partial charge in [-0.05, 0) is 19.3 Å². The summed E-state index contributed by atoms with van der Waals surface area (Å²) in [5.74, 6) is -2.75. The summed E-state index contributed by atoms with van der Waals surface area (Å²) in [6, 6.07) is -1.80. The summed E-state index contributed by atoms with van der Waals surface area (Å²) in [4.78, 5) is 30.3. The van der Waals surface area contributed by atoms with Crippen molar-refractivity contribution in [3.63, 3.8) is 0 Å². The number of aliphatic carboxylic acids is 2. The summed E-state index contributed by atoms with van der Waals surface area (Å²) < 4.78 is 0. The number of carboxylic acids is 2. The average Bonchev–Trinajstić information content (AvgIpc) is 2.40. The smallest absolute Gasteiger partial charge is 0.320 e. The van der Waals surface area contributed by atoms with Gasteiger partial charge in [-0.15, -0.1) is 0 Å². The quantitative estimate of drug-likeness (QED) is 0.125. The van der Waals surface area contributed by atoms with Crippen molar-refractivity contribution in [3.05, 3.63) is 0 Å². The number of amides is 1. The second kappa shape index (κ2) is 12.3. The molecule has 2 atom stereocenters. The van der Waals surface area contributed by atoms with Crippen molar-refractivity contribution < 1.29 is 24.6 Å². The van der Waals surface area contributed by atoms with Gasteiger partial charge in [0.25, 0.3) is 0 Å². The minimum atomic E-state index is -1.11. The molecule has 0 aromatic rings. The van der Waals surface area contributed by atoms with E-state index in [0.29, 0.717) is 19.4 Å². The summed E-state index contributed by atoms with van der Waals surface area (Å²) in [5.41, 5.74) is 20.0. The molecule has 12 N–H and O–H groups in total. The maximum absolute atomic E-state index is 10.2. The summed E-state index contributed by atoms with van der Waals surface area (Å²) in [5, 5.41) is 25.9. The van der Waals surface area contributed by atoms with Crippen LogP contribution in [0.4, 0.5) is 0 Å². The summed E-state index contributed by atoms with van der Waals surface area (Å²) in [6.07, 6.45) is 1.10. The predicted octanol–water partition coefficient (Wildman–Crippen LogP) is -2.67. The summed E-state index contributed by atoms with van der Waals surface area (Å²) in [6.45, 7) is 0.482. The lowest BCUT2D eigenvalue weighted by Gasteiger charge is -2.06. The molecule has 0 aromatic heterocycles. The number of carboxylic acid groups (broad SMARTS) is 2. The lowest BCUT2D eigenvalue weighted by Crippen LogP contribution is -2.34. The normalized spacial score (nSPS) is 12.3. The SMILES string of the molecule is N=C(N)NCCC[C@H](N)C(=O)O.NC(=O)CCC(N)C(=O)O. The van der Waals surface area contributed by atoms with Gasteiger partial charge in [-0.3, -0.25) is 19.8 Å². The molecule has 0 aliphatic rings. The third-order valence-electron chi connectivity index (χ3n) is 2.34. The number of nitrogens with two attached hydrogens (primary N) is 4. The molecule has 11 nitrogen and oxygen atoms in total. The minimum absolute atomic E-state index is 0.0213. The summed E-state index contributed by atoms with van der Waals surface area (Å²) >= 11 is 0. The van der Waals surface area contributed by atoms with E-state index in [4.69, 9.17) is 38.6 Å². The zero-order valence-electron chi connectivity index (χ0n) is 12.1. The molecule has 0 aromatic carbocycles. The van der Waals surface area contributed by atoms with Crippen LogP contribution in [0.25, 0.3) is 0 Å². The number of primary amides is 1. The van der Waals surface area contributed by atoms with Crippen LogP contribution in [0.5, 0.6) is 0 Å². The number of rotatable bonds is 9. The van der Waals surface area contributed by atoms with Gasteiger partial charge in [-0.1, -0.05) is 0 Å². The Hall–Kier alpha value is -2.40. The van der Waals surface area contributed by atoms with E-state index < -0.39 is 29.9 Å². The largest absolute Gasteiger partial charge is 0.480 e. The van der Waals surface area contributed by atoms with Crippen LogP contribution in [0.1, 0.15) is 25.7 Å². The highest BCUT2D eigenvalue weighted by Gasteiger charge is 2.11. The highest BCUT2D eigenvalue weighted by atomic mass is 16.4. The molecule has 0 radical (unpaired) electrons. The number of nitrogens with one attached hydrogen (secondary N) is 2. The molecule has 0 bridgehead atoms. The van der Waals surface area contributed by atoms with Crippen molar-refractivity contribution in [3.8, 4) is 0 Å². The van der Waals surface area contributed by atoms with Crippen LogP contribution in [-0.2, 0) is 14.4 Å². The zero-order chi connectivity index (χ0) is 17.7. The first-order valence-corrected chi connectivity index (χ1v) is 6.40. The number of carbonyl (C=O) groups is 3. The van der Waals surface area contributed by atoms with Crippen molar-refractivity contribution in [1.82, 2.24) is 5.32 Å². The lowest BCUT2D eigenvalue weighted by molar-refractivity contribution is -0.139. The van der Waals surface area contributed by atoms with Crippen molar-refractivity contribution >= 4 is 23.8 Å². The number of hydrogen-bond donors (Lipinski definition) is 8. The molecular weight excluding hydrogens is 296 g/mol. The highest BCUT2D eigenvalue weighted by molar-refractivity contribution is 5.77. The summed E-state index contributed by atoms with van der Waals surface area (Å²) in [7, 11) is 0. The topological polar surface area (TPSA) is 232 Å². The molecule has 0 heterocycles. The van der Waals surface area contributed by atoms with Crippen LogP contribution in [-0.4, -0.2) is 52.6 Å². The molecule has 0 rings (SSSR count). The molecule has 22 heavy (non-hydrogen) atoms. The van der Waals surface area contributed by atoms with Gasteiger partial charge in [0.15, 0.2) is 5.96 Å². The van der Waals surface area contributed by atoms with E-state index in [0.717, 1.165) is 0 Å².